The van der Waals surface area contributed by atoms with E-state index in [4.69, 9.17) is 27.9 Å². The predicted molar refractivity (Wildman–Crippen MR) is 139 cm³/mol. The Hall–Kier alpha value is -3.63. The number of nitrogens with one attached hydrogen (secondary N) is 2. The zero-order chi connectivity index (χ0) is 25.8. The quantitative estimate of drug-likeness (QED) is 0.415. The third kappa shape index (κ3) is 6.52. The molecule has 0 saturated heterocycles. The number of benzene rings is 2. The van der Waals surface area contributed by atoms with Gasteiger partial charge in [0.1, 0.15) is 12.3 Å². The number of nitrogens with zero attached hydrogens (tertiary/aromatic N) is 4. The number of halogens is 2. The van der Waals surface area contributed by atoms with Gasteiger partial charge in [-0.25, -0.2) is 14.2 Å². The summed E-state index contributed by atoms with van der Waals surface area (Å²) in [5, 5.41) is 6.53. The fourth-order valence-electron chi connectivity index (χ4n) is 3.30. The minimum atomic E-state index is -0.861. The van der Waals surface area contributed by atoms with E-state index < -0.39 is 23.8 Å². The van der Waals surface area contributed by atoms with Crippen molar-refractivity contribution in [2.45, 2.75) is 33.0 Å². The van der Waals surface area contributed by atoms with Gasteiger partial charge in [0.15, 0.2) is 0 Å². The van der Waals surface area contributed by atoms with E-state index in [1.54, 1.807) is 42.5 Å². The molecule has 0 aliphatic carbocycles. The zero-order valence-electron chi connectivity index (χ0n) is 19.6. The minimum absolute atomic E-state index is 0.00228. The Morgan fingerprint density at radius 3 is 2.47 bits per heavy atom. The number of carbonyl (C=O) groups is 1. The monoisotopic (exact) mass is 530 g/mol. The largest absolute Gasteiger partial charge is 0.489 e. The van der Waals surface area contributed by atoms with Crippen LogP contribution in [0, 0.1) is 0 Å². The number of aliphatic imine (C=N–C) groups is 1. The average Bonchev–Trinajstić information content (AvgIpc) is 3.65. The van der Waals surface area contributed by atoms with Crippen molar-refractivity contribution in [1.82, 2.24) is 19.4 Å². The standard InChI is InChI=1S/C24H24Cl2N6O4/c1-14(2)36-20-8-7-17(9-19(20)26)29-22-30-23(34)32(13-21(33)28-11-18-10-27-18)24(35)31(22)12-15-3-5-16(25)6-4-15/h3-9,14H,10-13H2,1-2H3,(H,28,33)(H,29,30,34). The van der Waals surface area contributed by atoms with Gasteiger partial charge in [0.25, 0.3) is 0 Å². The molecule has 0 radical (unpaired) electrons. The van der Waals surface area contributed by atoms with Gasteiger partial charge < -0.3 is 15.4 Å². The molecule has 0 fully saturated rings. The molecule has 10 nitrogen and oxygen atoms in total. The number of anilines is 2. The summed E-state index contributed by atoms with van der Waals surface area (Å²) in [6, 6.07) is 11.9. The zero-order valence-corrected chi connectivity index (χ0v) is 21.1. The highest BCUT2D eigenvalue weighted by molar-refractivity contribution is 6.32. The molecule has 3 aromatic rings. The predicted octanol–water partition coefficient (Wildman–Crippen LogP) is 2.86. The fraction of sp³-hybridized carbons (Fsp3) is 0.292. The maximum Gasteiger partial charge on any atom is 0.355 e. The second kappa shape index (κ2) is 11.0. The Kier molecular flexibility index (Phi) is 7.76. The van der Waals surface area contributed by atoms with Crippen molar-refractivity contribution in [2.24, 2.45) is 4.99 Å². The molecular formula is C24H24Cl2N6O4. The van der Waals surface area contributed by atoms with Crippen LogP contribution < -0.4 is 26.7 Å². The third-order valence-electron chi connectivity index (χ3n) is 5.13. The van der Waals surface area contributed by atoms with Crippen LogP contribution in [0.4, 0.5) is 11.6 Å². The van der Waals surface area contributed by atoms with Gasteiger partial charge in [-0.2, -0.15) is 4.98 Å². The van der Waals surface area contributed by atoms with E-state index in [1.807, 2.05) is 13.8 Å². The lowest BCUT2D eigenvalue weighted by Crippen LogP contribution is -2.46. The smallest absolute Gasteiger partial charge is 0.355 e. The summed E-state index contributed by atoms with van der Waals surface area (Å²) in [5.41, 5.74) is 0.535. The maximum absolute atomic E-state index is 13.4. The Morgan fingerprint density at radius 2 is 1.83 bits per heavy atom. The molecule has 1 aliphatic rings. The van der Waals surface area contributed by atoms with Crippen molar-refractivity contribution >= 4 is 46.5 Å². The minimum Gasteiger partial charge on any atom is -0.489 e. The number of amides is 1. The molecule has 36 heavy (non-hydrogen) atoms. The van der Waals surface area contributed by atoms with Gasteiger partial charge in [-0.15, -0.1) is 0 Å². The lowest BCUT2D eigenvalue weighted by Gasteiger charge is -2.17. The van der Waals surface area contributed by atoms with Crippen molar-refractivity contribution in [2.75, 3.05) is 18.4 Å². The van der Waals surface area contributed by atoms with Gasteiger partial charge in [0.2, 0.25) is 11.9 Å². The molecule has 2 aromatic carbocycles. The molecule has 0 spiro atoms. The molecule has 1 aliphatic heterocycles. The molecule has 2 heterocycles. The first-order chi connectivity index (χ1) is 17.2. The van der Waals surface area contributed by atoms with Crippen LogP contribution in [-0.2, 0) is 17.9 Å². The number of hydrogen-bond acceptors (Lipinski definition) is 7. The van der Waals surface area contributed by atoms with E-state index >= 15 is 0 Å². The molecule has 0 atom stereocenters. The molecule has 0 saturated carbocycles. The summed E-state index contributed by atoms with van der Waals surface area (Å²) in [5.74, 6) is 0.0109. The van der Waals surface area contributed by atoms with Crippen molar-refractivity contribution in [3.63, 3.8) is 0 Å². The summed E-state index contributed by atoms with van der Waals surface area (Å²) >= 11 is 12.3. The molecule has 0 unspecified atom stereocenters. The van der Waals surface area contributed by atoms with Gasteiger partial charge in [-0.05, 0) is 49.7 Å². The highest BCUT2D eigenvalue weighted by Gasteiger charge is 2.18. The molecule has 0 bridgehead atoms. The van der Waals surface area contributed by atoms with E-state index in [0.717, 1.165) is 15.8 Å². The van der Waals surface area contributed by atoms with Gasteiger partial charge in [0.05, 0.1) is 36.5 Å². The first-order valence-corrected chi connectivity index (χ1v) is 11.9. The average molecular weight is 531 g/mol. The second-order valence-corrected chi connectivity index (χ2v) is 9.24. The van der Waals surface area contributed by atoms with Crippen molar-refractivity contribution in [3.05, 3.63) is 79.0 Å². The van der Waals surface area contributed by atoms with E-state index in [-0.39, 0.29) is 25.1 Å². The summed E-state index contributed by atoms with van der Waals surface area (Å²) < 4.78 is 7.71. The van der Waals surface area contributed by atoms with E-state index in [2.05, 4.69) is 20.6 Å². The van der Waals surface area contributed by atoms with Gasteiger partial charge >= 0.3 is 11.4 Å². The van der Waals surface area contributed by atoms with Crippen LogP contribution in [0.5, 0.6) is 5.75 Å². The summed E-state index contributed by atoms with van der Waals surface area (Å²) in [6.45, 7) is 4.29. The molecular weight excluding hydrogens is 507 g/mol. The highest BCUT2D eigenvalue weighted by atomic mass is 35.5. The summed E-state index contributed by atoms with van der Waals surface area (Å²) in [6.07, 6.45) is -0.0606. The first-order valence-electron chi connectivity index (χ1n) is 11.2. The molecule has 1 amide bonds. The van der Waals surface area contributed by atoms with Gasteiger partial charge in [0, 0.05) is 10.7 Å². The number of hydrogen-bond donors (Lipinski definition) is 2. The van der Waals surface area contributed by atoms with Crippen LogP contribution >= 0.6 is 23.2 Å². The Morgan fingerprint density at radius 1 is 1.11 bits per heavy atom. The van der Waals surface area contributed by atoms with Crippen molar-refractivity contribution in [3.8, 4) is 5.75 Å². The normalized spacial score (nSPS) is 12.3. The fourth-order valence-corrected chi connectivity index (χ4v) is 3.65. The number of carbonyl (C=O) groups excluding carboxylic acids is 1. The highest BCUT2D eigenvalue weighted by Crippen LogP contribution is 2.29. The number of rotatable bonds is 10. The number of aromatic nitrogens is 3. The summed E-state index contributed by atoms with van der Waals surface area (Å²) in [7, 11) is 0. The SMILES string of the molecule is CC(C)Oc1ccc(Nc2nc(=O)n(CC(=O)NCC3=NC3)c(=O)n2Cc2ccc(Cl)cc2)cc1Cl. The number of ether oxygens (including phenoxy) is 1. The molecule has 12 heteroatoms. The lowest BCUT2D eigenvalue weighted by atomic mass is 10.2. The Labute approximate surface area is 216 Å². The summed E-state index contributed by atoms with van der Waals surface area (Å²) in [4.78, 5) is 46.5. The van der Waals surface area contributed by atoms with Crippen LogP contribution in [0.25, 0.3) is 0 Å². The Balaban J connectivity index is 1.67. The molecule has 1 aromatic heterocycles. The topological polar surface area (TPSA) is 120 Å². The van der Waals surface area contributed by atoms with Crippen LogP contribution in [0.15, 0.2) is 57.0 Å². The Bertz CT molecular complexity index is 1430. The van der Waals surface area contributed by atoms with Crippen molar-refractivity contribution < 1.29 is 9.53 Å². The van der Waals surface area contributed by atoms with E-state index in [9.17, 15) is 14.4 Å². The van der Waals surface area contributed by atoms with E-state index in [1.165, 1.54) is 4.57 Å². The van der Waals surface area contributed by atoms with Crippen LogP contribution in [-0.4, -0.2) is 44.9 Å². The molecule has 4 rings (SSSR count). The second-order valence-electron chi connectivity index (χ2n) is 8.40. The lowest BCUT2D eigenvalue weighted by molar-refractivity contribution is -0.121. The maximum atomic E-state index is 13.4. The van der Waals surface area contributed by atoms with Gasteiger partial charge in [-0.3, -0.25) is 14.4 Å². The van der Waals surface area contributed by atoms with Crippen LogP contribution in [0.2, 0.25) is 10.0 Å². The van der Waals surface area contributed by atoms with Gasteiger partial charge in [-0.1, -0.05) is 35.3 Å². The first kappa shape index (κ1) is 25.5. The van der Waals surface area contributed by atoms with Crippen LogP contribution in [0.1, 0.15) is 19.4 Å². The molecule has 2 N–H and O–H groups in total. The molecule has 188 valence electrons. The van der Waals surface area contributed by atoms with E-state index in [0.29, 0.717) is 28.0 Å². The third-order valence-corrected chi connectivity index (χ3v) is 5.67. The van der Waals surface area contributed by atoms with Crippen LogP contribution in [0.3, 0.4) is 0 Å². The van der Waals surface area contributed by atoms with Crippen molar-refractivity contribution in [1.29, 1.82) is 0 Å².